The maximum Gasteiger partial charge on any atom is 0.224 e. The first kappa shape index (κ1) is 27.3. The number of carbonyl (C=O) groups is 2. The summed E-state index contributed by atoms with van der Waals surface area (Å²) in [7, 11) is 0. The monoisotopic (exact) mass is 520 g/mol. The van der Waals surface area contributed by atoms with Gasteiger partial charge in [0.05, 0.1) is 5.57 Å². The standard InChI is InChI=1S/C30H32O8/c1-12(2)21-17-7-14(5)23(27(34)25(17)16(10-31)9-20(21)33)24-15(6)8-18-22(13(3)4)29(36)30(37,38)19(11-32)26(18)28(24)35/h7-13,29,33-38H,1-6H3. The molecule has 4 rings (SSSR count). The number of benzene rings is 3. The van der Waals surface area contributed by atoms with Gasteiger partial charge in [-0.25, -0.2) is 0 Å². The highest BCUT2D eigenvalue weighted by atomic mass is 16.5. The van der Waals surface area contributed by atoms with Gasteiger partial charge in [-0.05, 0) is 59.1 Å². The Balaban J connectivity index is 2.28. The number of rotatable bonds is 5. The summed E-state index contributed by atoms with van der Waals surface area (Å²) in [6.45, 7) is 10.6. The fourth-order valence-electron chi connectivity index (χ4n) is 5.84. The van der Waals surface area contributed by atoms with Crippen LogP contribution in [0.2, 0.25) is 0 Å². The van der Waals surface area contributed by atoms with Gasteiger partial charge in [-0.2, -0.15) is 0 Å². The zero-order valence-electron chi connectivity index (χ0n) is 22.1. The number of carbonyl (C=O) groups excluding carboxylic acids is 2. The van der Waals surface area contributed by atoms with Crippen LogP contribution in [0.3, 0.4) is 0 Å². The Morgan fingerprint density at radius 1 is 0.842 bits per heavy atom. The van der Waals surface area contributed by atoms with Crippen molar-refractivity contribution in [2.24, 2.45) is 5.92 Å². The zero-order chi connectivity index (χ0) is 28.4. The number of aryl methyl sites for hydroxylation is 2. The van der Waals surface area contributed by atoms with Crippen LogP contribution in [-0.2, 0) is 4.79 Å². The lowest BCUT2D eigenvalue weighted by atomic mass is 9.79. The molecule has 6 N–H and O–H groups in total. The van der Waals surface area contributed by atoms with E-state index in [9.17, 15) is 40.2 Å². The number of fused-ring (bicyclic) bond motifs is 2. The molecule has 38 heavy (non-hydrogen) atoms. The first-order chi connectivity index (χ1) is 17.7. The molecule has 1 aliphatic rings. The van der Waals surface area contributed by atoms with Crippen LogP contribution in [0, 0.1) is 19.8 Å². The second kappa shape index (κ2) is 9.23. The summed E-state index contributed by atoms with van der Waals surface area (Å²) in [5.41, 5.74) is 1.53. The maximum absolute atomic E-state index is 12.1. The van der Waals surface area contributed by atoms with Crippen LogP contribution < -0.4 is 10.4 Å². The number of hydrogen-bond donors (Lipinski definition) is 6. The van der Waals surface area contributed by atoms with Crippen LogP contribution in [0.1, 0.15) is 60.7 Å². The van der Waals surface area contributed by atoms with Crippen molar-refractivity contribution in [2.75, 3.05) is 0 Å². The molecule has 0 aliphatic heterocycles. The van der Waals surface area contributed by atoms with Crippen molar-refractivity contribution in [1.29, 1.82) is 0 Å². The Kier molecular flexibility index (Phi) is 6.64. The third kappa shape index (κ3) is 3.71. The second-order valence-electron chi connectivity index (χ2n) is 10.6. The fraction of sp³-hybridized carbons (Fsp3) is 0.333. The molecule has 0 saturated carbocycles. The highest BCUT2D eigenvalue weighted by Crippen LogP contribution is 2.47. The number of phenols is 3. The van der Waals surface area contributed by atoms with Gasteiger partial charge in [-0.15, -0.1) is 0 Å². The summed E-state index contributed by atoms with van der Waals surface area (Å²) in [6.07, 6.45) is -1.08. The Hall–Kier alpha value is -3.72. The highest BCUT2D eigenvalue weighted by molar-refractivity contribution is 6.09. The molecule has 3 aromatic carbocycles. The molecule has 0 bridgehead atoms. The first-order valence-corrected chi connectivity index (χ1v) is 12.4. The molecule has 1 atom stereocenters. The second-order valence-corrected chi connectivity index (χ2v) is 10.6. The van der Waals surface area contributed by atoms with E-state index in [1.54, 1.807) is 39.8 Å². The van der Waals surface area contributed by atoms with Crippen LogP contribution >= 0.6 is 0 Å². The number of aldehydes is 2. The van der Waals surface area contributed by atoms with Crippen LogP contribution in [0.15, 0.2) is 18.2 Å². The van der Waals surface area contributed by atoms with Gasteiger partial charge < -0.3 is 30.6 Å². The Labute approximate surface area is 219 Å². The summed E-state index contributed by atoms with van der Waals surface area (Å²) < 4.78 is 0. The summed E-state index contributed by atoms with van der Waals surface area (Å²) in [4.78, 5) is 24.0. The van der Waals surface area contributed by atoms with Gasteiger partial charge in [-0.3, -0.25) is 9.59 Å². The number of aliphatic hydroxyl groups is 3. The van der Waals surface area contributed by atoms with Crippen LogP contribution in [0.25, 0.3) is 33.0 Å². The number of phenolic OH excluding ortho intramolecular Hbond substituents is 3. The molecule has 1 unspecified atom stereocenters. The smallest absolute Gasteiger partial charge is 0.224 e. The third-order valence-electron chi connectivity index (χ3n) is 7.49. The third-order valence-corrected chi connectivity index (χ3v) is 7.49. The van der Waals surface area contributed by atoms with Gasteiger partial charge in [0, 0.05) is 32.9 Å². The lowest BCUT2D eigenvalue weighted by Crippen LogP contribution is -2.55. The fourth-order valence-corrected chi connectivity index (χ4v) is 5.84. The van der Waals surface area contributed by atoms with E-state index in [2.05, 4.69) is 0 Å². The SMILES string of the molecule is Cc1cc2c(c(O)c1-c1c(C)cc3c(C(C)C)c(O)cc(C=O)c3c1O)=C(C=O)C(O)(O)C(O)C=2C(C)C. The van der Waals surface area contributed by atoms with Gasteiger partial charge in [-0.1, -0.05) is 39.8 Å². The summed E-state index contributed by atoms with van der Waals surface area (Å²) >= 11 is 0. The summed E-state index contributed by atoms with van der Waals surface area (Å²) in [5.74, 6) is -4.31. The van der Waals surface area contributed by atoms with Crippen molar-refractivity contribution in [1.82, 2.24) is 0 Å². The number of aromatic hydroxyl groups is 3. The molecule has 1 aliphatic carbocycles. The Bertz CT molecular complexity index is 1640. The molecule has 0 spiro atoms. The van der Waals surface area contributed by atoms with Crippen molar-refractivity contribution in [3.05, 3.63) is 50.9 Å². The van der Waals surface area contributed by atoms with Gasteiger partial charge >= 0.3 is 0 Å². The molecule has 8 nitrogen and oxygen atoms in total. The van der Waals surface area contributed by atoms with E-state index in [4.69, 9.17) is 0 Å². The van der Waals surface area contributed by atoms with Crippen LogP contribution in [0.5, 0.6) is 17.2 Å². The van der Waals surface area contributed by atoms with Crippen LogP contribution in [0.4, 0.5) is 0 Å². The first-order valence-electron chi connectivity index (χ1n) is 12.4. The molecule has 3 aromatic rings. The van der Waals surface area contributed by atoms with Crippen molar-refractivity contribution in [3.63, 3.8) is 0 Å². The van der Waals surface area contributed by atoms with E-state index < -0.39 is 23.2 Å². The average molecular weight is 521 g/mol. The largest absolute Gasteiger partial charge is 0.508 e. The Morgan fingerprint density at radius 3 is 1.95 bits per heavy atom. The average Bonchev–Trinajstić information content (AvgIpc) is 2.81. The minimum Gasteiger partial charge on any atom is -0.508 e. The van der Waals surface area contributed by atoms with Gasteiger partial charge in [0.2, 0.25) is 5.79 Å². The predicted molar refractivity (Wildman–Crippen MR) is 143 cm³/mol. The summed E-state index contributed by atoms with van der Waals surface area (Å²) in [5, 5.41) is 66.8. The van der Waals surface area contributed by atoms with E-state index in [-0.39, 0.29) is 62.5 Å². The predicted octanol–water partition coefficient (Wildman–Crippen LogP) is 2.39. The normalized spacial score (nSPS) is 16.9. The van der Waals surface area contributed by atoms with Crippen LogP contribution in [-0.4, -0.2) is 55.1 Å². The highest BCUT2D eigenvalue weighted by Gasteiger charge is 2.44. The molecular weight excluding hydrogens is 488 g/mol. The van der Waals surface area contributed by atoms with Crippen molar-refractivity contribution < 1.29 is 40.2 Å². The minimum atomic E-state index is -2.95. The van der Waals surface area contributed by atoms with Gasteiger partial charge in [0.25, 0.3) is 0 Å². The molecule has 8 heteroatoms. The quantitative estimate of drug-likeness (QED) is 0.221. The van der Waals surface area contributed by atoms with Crippen molar-refractivity contribution >= 4 is 34.5 Å². The lowest BCUT2D eigenvalue weighted by Gasteiger charge is -2.35. The Morgan fingerprint density at radius 2 is 1.42 bits per heavy atom. The van der Waals surface area contributed by atoms with E-state index >= 15 is 0 Å². The molecule has 0 heterocycles. The van der Waals surface area contributed by atoms with E-state index in [1.165, 1.54) is 6.07 Å². The lowest BCUT2D eigenvalue weighted by molar-refractivity contribution is -0.166. The molecule has 0 fully saturated rings. The molecule has 200 valence electrons. The zero-order valence-corrected chi connectivity index (χ0v) is 22.1. The van der Waals surface area contributed by atoms with E-state index in [0.29, 0.717) is 33.6 Å². The molecule has 0 aromatic heterocycles. The minimum absolute atomic E-state index is 0.0548. The topological polar surface area (TPSA) is 156 Å². The van der Waals surface area contributed by atoms with Crippen molar-refractivity contribution in [3.8, 4) is 28.4 Å². The number of aliphatic hydroxyl groups excluding tert-OH is 1. The van der Waals surface area contributed by atoms with Crippen molar-refractivity contribution in [2.45, 2.75) is 59.4 Å². The molecular formula is C30H32O8. The van der Waals surface area contributed by atoms with Gasteiger partial charge in [0.1, 0.15) is 23.4 Å². The van der Waals surface area contributed by atoms with E-state index in [1.807, 2.05) is 13.8 Å². The molecule has 0 saturated heterocycles. The maximum atomic E-state index is 12.1. The van der Waals surface area contributed by atoms with Gasteiger partial charge in [0.15, 0.2) is 12.6 Å². The molecule has 0 amide bonds. The summed E-state index contributed by atoms with van der Waals surface area (Å²) in [6, 6.07) is 4.63. The number of hydrogen-bond acceptors (Lipinski definition) is 8. The van der Waals surface area contributed by atoms with E-state index in [0.717, 1.165) is 0 Å². The molecule has 0 radical (unpaired) electrons.